The third-order valence-corrected chi connectivity index (χ3v) is 1.51. The Bertz CT molecular complexity index is 93.7. The molecule has 0 radical (unpaired) electrons. The van der Waals surface area contributed by atoms with E-state index in [0.717, 1.165) is 19.5 Å². The zero-order valence-electron chi connectivity index (χ0n) is 8.01. The quantitative estimate of drug-likeness (QED) is 0.561. The number of nitrogens with zero attached hydrogens (tertiary/aromatic N) is 2. The highest BCUT2D eigenvalue weighted by Crippen LogP contribution is 2.06. The number of hydrogen-bond acceptors (Lipinski definition) is 2. The van der Waals surface area contributed by atoms with E-state index in [2.05, 4.69) is 17.0 Å². The molecule has 0 bridgehead atoms. The molecule has 0 atom stereocenters. The van der Waals surface area contributed by atoms with Crippen molar-refractivity contribution in [1.82, 2.24) is 5.01 Å². The molecule has 2 heteroatoms. The van der Waals surface area contributed by atoms with Crippen LogP contribution in [0.4, 0.5) is 0 Å². The van der Waals surface area contributed by atoms with Crippen LogP contribution in [0.5, 0.6) is 0 Å². The van der Waals surface area contributed by atoms with Crippen molar-refractivity contribution < 1.29 is 0 Å². The van der Waals surface area contributed by atoms with Crippen molar-refractivity contribution in [2.75, 3.05) is 13.1 Å². The second-order valence-electron chi connectivity index (χ2n) is 2.37. The maximum atomic E-state index is 4.25. The molecule has 1 rings (SSSR count). The molecule has 0 saturated carbocycles. The molecule has 0 aromatic heterocycles. The van der Waals surface area contributed by atoms with Gasteiger partial charge in [0.2, 0.25) is 0 Å². The van der Waals surface area contributed by atoms with Crippen LogP contribution in [-0.4, -0.2) is 24.3 Å². The molecule has 11 heavy (non-hydrogen) atoms. The third kappa shape index (κ3) is 4.82. The highest BCUT2D eigenvalue weighted by molar-refractivity contribution is 5.56. The van der Waals surface area contributed by atoms with Crippen molar-refractivity contribution in [3.63, 3.8) is 0 Å². The van der Waals surface area contributed by atoms with Gasteiger partial charge in [-0.2, -0.15) is 5.10 Å². The van der Waals surface area contributed by atoms with Crippen molar-refractivity contribution >= 4 is 6.21 Å². The highest BCUT2D eigenvalue weighted by atomic mass is 15.5. The van der Waals surface area contributed by atoms with Crippen LogP contribution in [0.1, 0.15) is 40.0 Å². The average molecular weight is 156 g/mol. The Hall–Kier alpha value is -0.530. The maximum absolute atomic E-state index is 4.25. The fraction of sp³-hybridized carbons (Fsp3) is 0.889. The van der Waals surface area contributed by atoms with E-state index in [1.54, 1.807) is 0 Å². The number of rotatable bonds is 2. The van der Waals surface area contributed by atoms with Crippen molar-refractivity contribution in [2.24, 2.45) is 5.10 Å². The monoisotopic (exact) mass is 156 g/mol. The van der Waals surface area contributed by atoms with E-state index in [4.69, 9.17) is 0 Å². The van der Waals surface area contributed by atoms with Crippen LogP contribution in [0.3, 0.4) is 0 Å². The van der Waals surface area contributed by atoms with Crippen LogP contribution in [0.25, 0.3) is 0 Å². The topological polar surface area (TPSA) is 15.6 Å². The maximum Gasteiger partial charge on any atom is 0.0360 e. The van der Waals surface area contributed by atoms with Gasteiger partial charge in [0.05, 0.1) is 0 Å². The molecular weight excluding hydrogens is 136 g/mol. The summed E-state index contributed by atoms with van der Waals surface area (Å²) >= 11 is 0. The van der Waals surface area contributed by atoms with Gasteiger partial charge in [-0.1, -0.05) is 20.8 Å². The SMILES string of the molecule is CC.CC/C=N/N1CCCC1. The standard InChI is InChI=1S/C7H14N2.C2H6/c1-2-5-8-9-6-3-4-7-9;1-2/h5H,2-4,6-7H2,1H3;1-2H3/b8-5+;. The summed E-state index contributed by atoms with van der Waals surface area (Å²) in [6.45, 7) is 8.44. The fourth-order valence-electron chi connectivity index (χ4n) is 1.01. The Labute approximate surface area is 70.3 Å². The van der Waals surface area contributed by atoms with E-state index >= 15 is 0 Å². The minimum Gasteiger partial charge on any atom is -0.297 e. The van der Waals surface area contributed by atoms with Crippen molar-refractivity contribution in [3.8, 4) is 0 Å². The lowest BCUT2D eigenvalue weighted by Gasteiger charge is -2.07. The first-order valence-electron chi connectivity index (χ1n) is 4.71. The molecule has 1 aliphatic heterocycles. The van der Waals surface area contributed by atoms with Crippen molar-refractivity contribution in [2.45, 2.75) is 40.0 Å². The Morgan fingerprint density at radius 2 is 1.82 bits per heavy atom. The number of hydrazone groups is 1. The summed E-state index contributed by atoms with van der Waals surface area (Å²) in [5.74, 6) is 0. The number of hydrogen-bond donors (Lipinski definition) is 0. The van der Waals surface area contributed by atoms with Crippen LogP contribution >= 0.6 is 0 Å². The van der Waals surface area contributed by atoms with Gasteiger partial charge in [-0.3, -0.25) is 5.01 Å². The molecule has 1 saturated heterocycles. The predicted molar refractivity (Wildman–Crippen MR) is 50.9 cm³/mol. The van der Waals surface area contributed by atoms with Crippen molar-refractivity contribution in [1.29, 1.82) is 0 Å². The van der Waals surface area contributed by atoms with Crippen molar-refractivity contribution in [3.05, 3.63) is 0 Å². The van der Waals surface area contributed by atoms with Gasteiger partial charge in [0.25, 0.3) is 0 Å². The summed E-state index contributed by atoms with van der Waals surface area (Å²) in [4.78, 5) is 0. The second-order valence-corrected chi connectivity index (χ2v) is 2.37. The average Bonchev–Trinajstić information content (AvgIpc) is 2.57. The lowest BCUT2D eigenvalue weighted by Crippen LogP contribution is -2.10. The molecule has 1 heterocycles. The Morgan fingerprint density at radius 1 is 1.27 bits per heavy atom. The van der Waals surface area contributed by atoms with E-state index < -0.39 is 0 Å². The Morgan fingerprint density at radius 3 is 2.27 bits per heavy atom. The minimum atomic E-state index is 1.05. The summed E-state index contributed by atoms with van der Waals surface area (Å²) < 4.78 is 0. The van der Waals surface area contributed by atoms with Crippen LogP contribution < -0.4 is 0 Å². The molecule has 66 valence electrons. The lowest BCUT2D eigenvalue weighted by atomic mass is 10.4. The van der Waals surface area contributed by atoms with E-state index in [9.17, 15) is 0 Å². The van der Waals surface area contributed by atoms with Gasteiger partial charge in [0.15, 0.2) is 0 Å². The minimum absolute atomic E-state index is 1.05. The van der Waals surface area contributed by atoms with Gasteiger partial charge >= 0.3 is 0 Å². The van der Waals surface area contributed by atoms with Gasteiger partial charge in [0, 0.05) is 19.3 Å². The van der Waals surface area contributed by atoms with Gasteiger partial charge in [-0.05, 0) is 19.3 Å². The molecule has 0 aliphatic carbocycles. The summed E-state index contributed by atoms with van der Waals surface area (Å²) in [5, 5.41) is 6.39. The van der Waals surface area contributed by atoms with Gasteiger partial charge in [-0.25, -0.2) is 0 Å². The molecule has 0 amide bonds. The van der Waals surface area contributed by atoms with Crippen LogP contribution in [0.2, 0.25) is 0 Å². The van der Waals surface area contributed by atoms with E-state index in [1.807, 2.05) is 20.1 Å². The first kappa shape index (κ1) is 10.5. The van der Waals surface area contributed by atoms with Crippen LogP contribution in [0, 0.1) is 0 Å². The third-order valence-electron chi connectivity index (χ3n) is 1.51. The molecule has 0 aromatic carbocycles. The van der Waals surface area contributed by atoms with Gasteiger partial charge in [-0.15, -0.1) is 0 Å². The smallest absolute Gasteiger partial charge is 0.0360 e. The summed E-state index contributed by atoms with van der Waals surface area (Å²) in [6, 6.07) is 0. The normalized spacial score (nSPS) is 16.8. The molecule has 0 spiro atoms. The molecule has 0 N–H and O–H groups in total. The molecule has 0 unspecified atom stereocenters. The van der Waals surface area contributed by atoms with Crippen LogP contribution in [0.15, 0.2) is 5.10 Å². The Kier molecular flexibility index (Phi) is 7.21. The summed E-state index contributed by atoms with van der Waals surface area (Å²) in [6.07, 6.45) is 5.67. The van der Waals surface area contributed by atoms with Crippen LogP contribution in [-0.2, 0) is 0 Å². The zero-order valence-corrected chi connectivity index (χ0v) is 8.01. The highest BCUT2D eigenvalue weighted by Gasteiger charge is 2.06. The molecule has 1 aliphatic rings. The predicted octanol–water partition coefficient (Wildman–Crippen LogP) is 2.50. The molecule has 2 nitrogen and oxygen atoms in total. The van der Waals surface area contributed by atoms with E-state index in [0.29, 0.717) is 0 Å². The molecule has 1 fully saturated rings. The first-order valence-corrected chi connectivity index (χ1v) is 4.71. The van der Waals surface area contributed by atoms with Gasteiger partial charge in [0.1, 0.15) is 0 Å². The zero-order chi connectivity index (χ0) is 8.53. The van der Waals surface area contributed by atoms with E-state index in [1.165, 1.54) is 12.8 Å². The lowest BCUT2D eigenvalue weighted by molar-refractivity contribution is 0.361. The molecule has 0 aromatic rings. The first-order chi connectivity index (χ1) is 5.43. The van der Waals surface area contributed by atoms with E-state index in [-0.39, 0.29) is 0 Å². The second kappa shape index (κ2) is 7.58. The Balaban J connectivity index is 0.000000461. The fourth-order valence-corrected chi connectivity index (χ4v) is 1.01. The molecular formula is C9H20N2. The largest absolute Gasteiger partial charge is 0.297 e. The summed E-state index contributed by atoms with van der Waals surface area (Å²) in [5.41, 5.74) is 0. The summed E-state index contributed by atoms with van der Waals surface area (Å²) in [7, 11) is 0. The van der Waals surface area contributed by atoms with Gasteiger partial charge < -0.3 is 0 Å².